The maximum Gasteiger partial charge on any atom is 0.138 e. The summed E-state index contributed by atoms with van der Waals surface area (Å²) in [4.78, 5) is 7.93. The summed E-state index contributed by atoms with van der Waals surface area (Å²) >= 11 is 0. The molecule has 2 aromatic rings. The fourth-order valence-corrected chi connectivity index (χ4v) is 1.10. The number of rotatable bonds is 2. The van der Waals surface area contributed by atoms with Crippen LogP contribution in [0.2, 0.25) is 0 Å². The summed E-state index contributed by atoms with van der Waals surface area (Å²) in [6.07, 6.45) is 4.60. The van der Waals surface area contributed by atoms with E-state index in [0.29, 0.717) is 11.5 Å². The molecule has 0 unspecified atom stereocenters. The molecule has 5 nitrogen and oxygen atoms in total. The molecule has 0 aliphatic heterocycles. The van der Waals surface area contributed by atoms with Crippen molar-refractivity contribution in [3.05, 3.63) is 36.5 Å². The number of aliphatic hydroxyl groups is 1. The Morgan fingerprint density at radius 2 is 2.14 bits per heavy atom. The maximum atomic E-state index is 9.03. The minimum Gasteiger partial charge on any atom is -0.506 e. The molecular formula is C9H9N3O2. The van der Waals surface area contributed by atoms with Gasteiger partial charge in [0.1, 0.15) is 17.9 Å². The van der Waals surface area contributed by atoms with E-state index in [-0.39, 0.29) is 12.4 Å². The Hall–Kier alpha value is -1.88. The molecule has 72 valence electrons. The number of pyridine rings is 1. The quantitative estimate of drug-likeness (QED) is 0.723. The summed E-state index contributed by atoms with van der Waals surface area (Å²) in [6, 6.07) is 3.21. The zero-order valence-corrected chi connectivity index (χ0v) is 7.33. The average Bonchev–Trinajstić information content (AvgIpc) is 2.67. The SMILES string of the molecule is OCc1cn(-c2ccc(O)cn2)cn1. The van der Waals surface area contributed by atoms with E-state index in [1.807, 2.05) is 0 Å². The smallest absolute Gasteiger partial charge is 0.138 e. The van der Waals surface area contributed by atoms with E-state index >= 15 is 0 Å². The van der Waals surface area contributed by atoms with Gasteiger partial charge < -0.3 is 10.2 Å². The molecular weight excluding hydrogens is 182 g/mol. The predicted octanol–water partition coefficient (Wildman–Crippen LogP) is 0.465. The van der Waals surface area contributed by atoms with E-state index in [1.54, 1.807) is 29.2 Å². The summed E-state index contributed by atoms with van der Waals surface area (Å²) < 4.78 is 1.67. The van der Waals surface area contributed by atoms with Crippen LogP contribution in [-0.2, 0) is 6.61 Å². The van der Waals surface area contributed by atoms with Gasteiger partial charge in [-0.3, -0.25) is 4.57 Å². The molecule has 0 bridgehead atoms. The molecule has 0 saturated heterocycles. The number of imidazole rings is 1. The highest BCUT2D eigenvalue weighted by Crippen LogP contribution is 2.10. The van der Waals surface area contributed by atoms with Gasteiger partial charge in [-0.25, -0.2) is 9.97 Å². The van der Waals surface area contributed by atoms with Crippen LogP contribution >= 0.6 is 0 Å². The minimum atomic E-state index is -0.0922. The van der Waals surface area contributed by atoms with Crippen LogP contribution in [0.3, 0.4) is 0 Å². The Morgan fingerprint density at radius 3 is 2.71 bits per heavy atom. The van der Waals surface area contributed by atoms with Crippen LogP contribution in [0.15, 0.2) is 30.9 Å². The van der Waals surface area contributed by atoms with Gasteiger partial charge in [-0.05, 0) is 12.1 Å². The number of aromatic hydroxyl groups is 1. The van der Waals surface area contributed by atoms with Gasteiger partial charge in [-0.1, -0.05) is 0 Å². The van der Waals surface area contributed by atoms with Crippen LogP contribution in [0.1, 0.15) is 5.69 Å². The summed E-state index contributed by atoms with van der Waals surface area (Å²) in [6.45, 7) is -0.0922. The second-order valence-corrected chi connectivity index (χ2v) is 2.80. The topological polar surface area (TPSA) is 71.2 Å². The highest BCUT2D eigenvalue weighted by Gasteiger charge is 2.00. The lowest BCUT2D eigenvalue weighted by Gasteiger charge is -1.99. The molecule has 0 radical (unpaired) electrons. The zero-order chi connectivity index (χ0) is 9.97. The van der Waals surface area contributed by atoms with E-state index in [4.69, 9.17) is 10.2 Å². The van der Waals surface area contributed by atoms with E-state index < -0.39 is 0 Å². The predicted molar refractivity (Wildman–Crippen MR) is 48.9 cm³/mol. The van der Waals surface area contributed by atoms with E-state index in [2.05, 4.69) is 9.97 Å². The van der Waals surface area contributed by atoms with Crippen molar-refractivity contribution in [3.8, 4) is 11.6 Å². The van der Waals surface area contributed by atoms with Gasteiger partial charge in [0.25, 0.3) is 0 Å². The summed E-state index contributed by atoms with van der Waals surface area (Å²) in [7, 11) is 0. The van der Waals surface area contributed by atoms with Gasteiger partial charge in [-0.15, -0.1) is 0 Å². The second kappa shape index (κ2) is 3.47. The number of aromatic nitrogens is 3. The summed E-state index contributed by atoms with van der Waals surface area (Å²) in [5, 5.41) is 17.8. The third kappa shape index (κ3) is 1.57. The Balaban J connectivity index is 2.34. The van der Waals surface area contributed by atoms with Crippen molar-refractivity contribution < 1.29 is 10.2 Å². The largest absolute Gasteiger partial charge is 0.506 e. The van der Waals surface area contributed by atoms with Crippen LogP contribution in [0.25, 0.3) is 5.82 Å². The van der Waals surface area contributed by atoms with Crippen molar-refractivity contribution >= 4 is 0 Å². The second-order valence-electron chi connectivity index (χ2n) is 2.80. The molecule has 0 aliphatic rings. The molecule has 0 atom stereocenters. The number of nitrogens with zero attached hydrogens (tertiary/aromatic N) is 3. The molecule has 0 aromatic carbocycles. The van der Waals surface area contributed by atoms with Crippen LogP contribution in [0, 0.1) is 0 Å². The lowest BCUT2D eigenvalue weighted by Crippen LogP contribution is -1.92. The van der Waals surface area contributed by atoms with Crippen molar-refractivity contribution in [2.24, 2.45) is 0 Å². The van der Waals surface area contributed by atoms with Crippen molar-refractivity contribution in [1.29, 1.82) is 0 Å². The number of hydrogen-bond donors (Lipinski definition) is 2. The fourth-order valence-electron chi connectivity index (χ4n) is 1.10. The molecule has 0 fully saturated rings. The number of hydrogen-bond acceptors (Lipinski definition) is 4. The molecule has 0 aliphatic carbocycles. The zero-order valence-electron chi connectivity index (χ0n) is 7.33. The molecule has 0 saturated carbocycles. The fraction of sp³-hybridized carbons (Fsp3) is 0.111. The lowest BCUT2D eigenvalue weighted by atomic mass is 10.4. The van der Waals surface area contributed by atoms with Crippen molar-refractivity contribution in [3.63, 3.8) is 0 Å². The van der Waals surface area contributed by atoms with Crippen LogP contribution in [0.4, 0.5) is 0 Å². The Bertz CT molecular complexity index is 422. The number of aliphatic hydroxyl groups excluding tert-OH is 1. The molecule has 0 spiro atoms. The molecule has 2 N–H and O–H groups in total. The first-order chi connectivity index (χ1) is 6.79. The Labute approximate surface area is 80.3 Å². The van der Waals surface area contributed by atoms with E-state index in [0.717, 1.165) is 0 Å². The minimum absolute atomic E-state index is 0.0922. The highest BCUT2D eigenvalue weighted by molar-refractivity contribution is 5.28. The third-order valence-corrected chi connectivity index (χ3v) is 1.79. The standard InChI is InChI=1S/C9H9N3O2/c13-5-7-4-12(6-11-7)9-2-1-8(14)3-10-9/h1-4,6,13-14H,5H2. The normalized spacial score (nSPS) is 10.4. The van der Waals surface area contributed by atoms with E-state index in [1.165, 1.54) is 6.20 Å². The molecule has 5 heteroatoms. The van der Waals surface area contributed by atoms with Gasteiger partial charge >= 0.3 is 0 Å². The highest BCUT2D eigenvalue weighted by atomic mass is 16.3. The first-order valence-electron chi connectivity index (χ1n) is 4.09. The van der Waals surface area contributed by atoms with Crippen LogP contribution < -0.4 is 0 Å². The van der Waals surface area contributed by atoms with Gasteiger partial charge in [0.2, 0.25) is 0 Å². The van der Waals surface area contributed by atoms with Gasteiger partial charge in [0, 0.05) is 6.20 Å². The first-order valence-corrected chi connectivity index (χ1v) is 4.09. The molecule has 14 heavy (non-hydrogen) atoms. The summed E-state index contributed by atoms with van der Waals surface area (Å²) in [5.41, 5.74) is 0.583. The van der Waals surface area contributed by atoms with Gasteiger partial charge in [0.15, 0.2) is 0 Å². The van der Waals surface area contributed by atoms with Crippen LogP contribution in [-0.4, -0.2) is 24.7 Å². The Kier molecular flexibility index (Phi) is 2.16. The third-order valence-electron chi connectivity index (χ3n) is 1.79. The van der Waals surface area contributed by atoms with Crippen molar-refractivity contribution in [1.82, 2.24) is 14.5 Å². The summed E-state index contributed by atoms with van der Waals surface area (Å²) in [5.74, 6) is 0.770. The van der Waals surface area contributed by atoms with Crippen LogP contribution in [0.5, 0.6) is 5.75 Å². The van der Waals surface area contributed by atoms with Gasteiger partial charge in [0.05, 0.1) is 18.5 Å². The molecule has 2 aromatic heterocycles. The maximum absolute atomic E-state index is 9.03. The van der Waals surface area contributed by atoms with Crippen molar-refractivity contribution in [2.45, 2.75) is 6.61 Å². The monoisotopic (exact) mass is 191 g/mol. The first kappa shape index (κ1) is 8.71. The Morgan fingerprint density at radius 1 is 1.29 bits per heavy atom. The van der Waals surface area contributed by atoms with Crippen molar-refractivity contribution in [2.75, 3.05) is 0 Å². The van der Waals surface area contributed by atoms with Gasteiger partial charge in [-0.2, -0.15) is 0 Å². The average molecular weight is 191 g/mol. The molecule has 2 heterocycles. The molecule has 2 rings (SSSR count). The van der Waals surface area contributed by atoms with E-state index in [9.17, 15) is 0 Å². The molecule has 0 amide bonds. The lowest BCUT2D eigenvalue weighted by molar-refractivity contribution is 0.277.